The average Bonchev–Trinajstić information content (AvgIpc) is 2.69. The van der Waals surface area contributed by atoms with Crippen LogP contribution in [0.25, 0.3) is 0 Å². The van der Waals surface area contributed by atoms with Crippen LogP contribution in [-0.4, -0.2) is 33.1 Å². The van der Waals surface area contributed by atoms with Crippen molar-refractivity contribution in [2.45, 2.75) is 31.6 Å². The van der Waals surface area contributed by atoms with Crippen LogP contribution in [-0.2, 0) is 16.4 Å². The van der Waals surface area contributed by atoms with Gasteiger partial charge in [-0.2, -0.15) is 0 Å². The molecule has 1 fully saturated rings. The molecule has 19 heavy (non-hydrogen) atoms. The quantitative estimate of drug-likeness (QED) is 0.893. The Morgan fingerprint density at radius 1 is 1.42 bits per heavy atom. The van der Waals surface area contributed by atoms with E-state index in [4.69, 9.17) is 4.74 Å². The highest BCUT2D eigenvalue weighted by molar-refractivity contribution is 7.92. The molecule has 0 radical (unpaired) electrons. The van der Waals surface area contributed by atoms with Crippen LogP contribution < -0.4 is 10.1 Å². The zero-order chi connectivity index (χ0) is 13.9. The molecule has 1 aromatic rings. The molecule has 4 nitrogen and oxygen atoms in total. The summed E-state index contributed by atoms with van der Waals surface area (Å²) < 4.78 is 28.6. The van der Waals surface area contributed by atoms with Crippen LogP contribution in [0, 0.1) is 6.92 Å². The number of sulfone groups is 1. The van der Waals surface area contributed by atoms with Gasteiger partial charge in [-0.3, -0.25) is 0 Å². The van der Waals surface area contributed by atoms with Crippen LogP contribution in [0.5, 0.6) is 5.75 Å². The van der Waals surface area contributed by atoms with Gasteiger partial charge in [-0.15, -0.1) is 0 Å². The van der Waals surface area contributed by atoms with Crippen molar-refractivity contribution >= 4 is 9.84 Å². The second kappa shape index (κ2) is 5.92. The minimum absolute atomic E-state index is 0.202. The van der Waals surface area contributed by atoms with Crippen LogP contribution in [0.4, 0.5) is 0 Å². The molecule has 0 aromatic heterocycles. The van der Waals surface area contributed by atoms with Gasteiger partial charge in [-0.1, -0.05) is 12.1 Å². The van der Waals surface area contributed by atoms with Crippen LogP contribution in [0.15, 0.2) is 18.2 Å². The largest absolute Gasteiger partial charge is 0.496 e. The van der Waals surface area contributed by atoms with Crippen molar-refractivity contribution in [1.82, 2.24) is 5.32 Å². The maximum atomic E-state index is 11.7. The van der Waals surface area contributed by atoms with E-state index in [1.807, 2.05) is 19.1 Å². The van der Waals surface area contributed by atoms with Gasteiger partial charge in [0.2, 0.25) is 0 Å². The van der Waals surface area contributed by atoms with E-state index in [9.17, 15) is 8.42 Å². The molecule has 1 aliphatic heterocycles. The molecule has 1 aliphatic rings. The molecule has 2 rings (SSSR count). The van der Waals surface area contributed by atoms with Crippen LogP contribution in [0.3, 0.4) is 0 Å². The molecule has 5 heteroatoms. The summed E-state index contributed by atoms with van der Waals surface area (Å²) in [6.07, 6.45) is 1.59. The average molecular weight is 283 g/mol. The van der Waals surface area contributed by atoms with Crippen molar-refractivity contribution in [1.29, 1.82) is 0 Å². The van der Waals surface area contributed by atoms with Gasteiger partial charge in [0.25, 0.3) is 0 Å². The Morgan fingerprint density at radius 2 is 2.21 bits per heavy atom. The van der Waals surface area contributed by atoms with Gasteiger partial charge in [-0.25, -0.2) is 8.42 Å². The number of hydrogen-bond acceptors (Lipinski definition) is 4. The van der Waals surface area contributed by atoms with Gasteiger partial charge in [0.1, 0.15) is 5.75 Å². The van der Waals surface area contributed by atoms with Crippen LogP contribution in [0.2, 0.25) is 0 Å². The second-order valence-corrected chi connectivity index (χ2v) is 7.47. The molecule has 0 saturated carbocycles. The molecule has 1 atom stereocenters. The molecule has 106 valence electrons. The summed E-state index contributed by atoms with van der Waals surface area (Å²) in [6, 6.07) is 6.01. The number of methoxy groups -OCH3 is 1. The van der Waals surface area contributed by atoms with Crippen LogP contribution in [0.1, 0.15) is 24.0 Å². The lowest BCUT2D eigenvalue weighted by atomic mass is 10.1. The van der Waals surface area contributed by atoms with E-state index in [1.54, 1.807) is 7.11 Å². The fourth-order valence-electron chi connectivity index (χ4n) is 2.52. The Kier molecular flexibility index (Phi) is 4.47. The molecule has 0 bridgehead atoms. The number of hydrogen-bond donors (Lipinski definition) is 1. The summed E-state index contributed by atoms with van der Waals surface area (Å²) in [6.45, 7) is 3.24. The topological polar surface area (TPSA) is 55.4 Å². The summed E-state index contributed by atoms with van der Waals surface area (Å²) in [5, 5.41) is 3.04. The Labute approximate surface area is 115 Å². The maximum absolute atomic E-state index is 11.7. The second-order valence-electron chi connectivity index (χ2n) is 5.07. The lowest BCUT2D eigenvalue weighted by molar-refractivity contribution is 0.411. The SMILES string of the molecule is COc1ccc(CNCC2CCCS2(=O)=O)cc1C. The summed E-state index contributed by atoms with van der Waals surface area (Å²) in [5.41, 5.74) is 2.24. The third-order valence-corrected chi connectivity index (χ3v) is 5.90. The summed E-state index contributed by atoms with van der Waals surface area (Å²) in [5.74, 6) is 1.23. The fourth-order valence-corrected chi connectivity index (χ4v) is 4.32. The predicted molar refractivity (Wildman–Crippen MR) is 76.2 cm³/mol. The molecule has 1 aromatic carbocycles. The summed E-state index contributed by atoms with van der Waals surface area (Å²) in [7, 11) is -1.18. The van der Waals surface area contributed by atoms with Gasteiger partial charge in [0.15, 0.2) is 9.84 Å². The smallest absolute Gasteiger partial charge is 0.154 e. The predicted octanol–water partition coefficient (Wildman–Crippen LogP) is 1.67. The highest BCUT2D eigenvalue weighted by atomic mass is 32.2. The minimum Gasteiger partial charge on any atom is -0.496 e. The van der Waals surface area contributed by atoms with E-state index < -0.39 is 9.84 Å². The third kappa shape index (κ3) is 3.48. The van der Waals surface area contributed by atoms with Crippen molar-refractivity contribution in [3.8, 4) is 5.75 Å². The Bertz CT molecular complexity index is 540. The molecule has 1 unspecified atom stereocenters. The van der Waals surface area contributed by atoms with E-state index in [2.05, 4.69) is 11.4 Å². The van der Waals surface area contributed by atoms with E-state index in [0.717, 1.165) is 29.7 Å². The lowest BCUT2D eigenvalue weighted by Crippen LogP contribution is -2.30. The van der Waals surface area contributed by atoms with Crippen molar-refractivity contribution < 1.29 is 13.2 Å². The number of aryl methyl sites for hydroxylation is 1. The molecule has 1 saturated heterocycles. The summed E-state index contributed by atoms with van der Waals surface area (Å²) >= 11 is 0. The zero-order valence-corrected chi connectivity index (χ0v) is 12.3. The Morgan fingerprint density at radius 3 is 2.79 bits per heavy atom. The fraction of sp³-hybridized carbons (Fsp3) is 0.571. The number of rotatable bonds is 5. The summed E-state index contributed by atoms with van der Waals surface area (Å²) in [4.78, 5) is 0. The molecule has 1 heterocycles. The third-order valence-electron chi connectivity index (χ3n) is 3.62. The first-order valence-corrected chi connectivity index (χ1v) is 8.30. The van der Waals surface area contributed by atoms with E-state index >= 15 is 0 Å². The first-order valence-electron chi connectivity index (χ1n) is 6.59. The van der Waals surface area contributed by atoms with Crippen molar-refractivity contribution in [2.75, 3.05) is 19.4 Å². The molecule has 0 spiro atoms. The Hall–Kier alpha value is -1.07. The Balaban J connectivity index is 1.88. The van der Waals surface area contributed by atoms with Crippen molar-refractivity contribution in [3.05, 3.63) is 29.3 Å². The molecular formula is C14H21NO3S. The molecular weight excluding hydrogens is 262 g/mol. The monoisotopic (exact) mass is 283 g/mol. The highest BCUT2D eigenvalue weighted by Crippen LogP contribution is 2.20. The van der Waals surface area contributed by atoms with E-state index in [0.29, 0.717) is 18.8 Å². The number of benzene rings is 1. The zero-order valence-electron chi connectivity index (χ0n) is 11.5. The number of nitrogens with one attached hydrogen (secondary N) is 1. The van der Waals surface area contributed by atoms with Gasteiger partial charge in [0, 0.05) is 13.1 Å². The first kappa shape index (κ1) is 14.3. The standard InChI is InChI=1S/C14H21NO3S/c1-11-8-12(5-6-14(11)18-2)9-15-10-13-4-3-7-19(13,16)17/h5-6,8,13,15H,3-4,7,9-10H2,1-2H3. The maximum Gasteiger partial charge on any atom is 0.154 e. The normalized spacial score (nSPS) is 21.5. The van der Waals surface area contributed by atoms with E-state index in [1.165, 1.54) is 0 Å². The van der Waals surface area contributed by atoms with Crippen LogP contribution >= 0.6 is 0 Å². The van der Waals surface area contributed by atoms with Gasteiger partial charge >= 0.3 is 0 Å². The van der Waals surface area contributed by atoms with Gasteiger partial charge < -0.3 is 10.1 Å². The minimum atomic E-state index is -2.84. The first-order chi connectivity index (χ1) is 9.03. The molecule has 1 N–H and O–H groups in total. The lowest BCUT2D eigenvalue weighted by Gasteiger charge is -2.12. The van der Waals surface area contributed by atoms with Crippen molar-refractivity contribution in [2.24, 2.45) is 0 Å². The van der Waals surface area contributed by atoms with Crippen molar-refractivity contribution in [3.63, 3.8) is 0 Å². The van der Waals surface area contributed by atoms with Gasteiger partial charge in [-0.05, 0) is 37.0 Å². The van der Waals surface area contributed by atoms with Gasteiger partial charge in [0.05, 0.1) is 18.1 Å². The molecule has 0 aliphatic carbocycles. The highest BCUT2D eigenvalue weighted by Gasteiger charge is 2.30. The van der Waals surface area contributed by atoms with E-state index in [-0.39, 0.29) is 5.25 Å². The molecule has 0 amide bonds. The number of ether oxygens (including phenoxy) is 1.